The van der Waals surface area contributed by atoms with Crippen molar-refractivity contribution in [2.45, 2.75) is 43.9 Å². The Morgan fingerprint density at radius 1 is 0.227 bits per heavy atom. The first-order chi connectivity index (χ1) is 47.6. The van der Waals surface area contributed by atoms with E-state index in [-0.39, 0.29) is 16.2 Å². The van der Waals surface area contributed by atoms with Gasteiger partial charge in [-0.15, -0.1) is 0 Å². The van der Waals surface area contributed by atoms with Gasteiger partial charge >= 0.3 is 0 Å². The Balaban J connectivity index is 0.000000108. The molecule has 0 atom stereocenters. The molecule has 0 amide bonds. The van der Waals surface area contributed by atoms with Gasteiger partial charge in [-0.25, -0.2) is 0 Å². The molecule has 20 rings (SSSR count). The van der Waals surface area contributed by atoms with Gasteiger partial charge in [0.25, 0.3) is 0 Å². The fourth-order valence-electron chi connectivity index (χ4n) is 16.1. The van der Waals surface area contributed by atoms with Gasteiger partial charge in [0.1, 0.15) is 33.5 Å². The van der Waals surface area contributed by atoms with Gasteiger partial charge in [0.05, 0.1) is 5.41 Å². The number of para-hydroxylation sites is 3. The van der Waals surface area contributed by atoms with Crippen molar-refractivity contribution < 1.29 is 13.3 Å². The van der Waals surface area contributed by atoms with E-state index in [1.165, 1.54) is 77.9 Å². The lowest BCUT2D eigenvalue weighted by Gasteiger charge is -2.33. The van der Waals surface area contributed by atoms with E-state index in [1.54, 1.807) is 0 Å². The molecule has 3 N–H and O–H groups in total. The van der Waals surface area contributed by atoms with Gasteiger partial charge in [-0.2, -0.15) is 0 Å². The van der Waals surface area contributed by atoms with Crippen LogP contribution in [0.25, 0.3) is 99.2 Å². The lowest BCUT2D eigenvalue weighted by molar-refractivity contribution is 0.660. The number of anilines is 6. The number of hydrogen-bond acceptors (Lipinski definition) is 6. The molecular formula is C91H67N3O3. The molecule has 0 saturated heterocycles. The molecule has 3 aromatic heterocycles. The molecule has 3 heterocycles. The second-order valence-electron chi connectivity index (χ2n) is 26.9. The van der Waals surface area contributed by atoms with Gasteiger partial charge in [-0.05, 0) is 157 Å². The summed E-state index contributed by atoms with van der Waals surface area (Å²) in [5.41, 5.74) is 30.0. The molecular weight excluding hydrogens is 1180 g/mol. The Morgan fingerprint density at radius 2 is 0.557 bits per heavy atom. The van der Waals surface area contributed by atoms with Crippen molar-refractivity contribution in [3.8, 4) is 33.4 Å². The van der Waals surface area contributed by atoms with Crippen LogP contribution < -0.4 is 16.0 Å². The molecule has 0 unspecified atom stereocenters. The van der Waals surface area contributed by atoms with Crippen LogP contribution in [-0.2, 0) is 16.2 Å². The van der Waals surface area contributed by atoms with Crippen LogP contribution in [0.1, 0.15) is 72.2 Å². The molecule has 3 aliphatic rings. The van der Waals surface area contributed by atoms with Crippen LogP contribution in [0.5, 0.6) is 0 Å². The summed E-state index contributed by atoms with van der Waals surface area (Å²) in [6, 6.07) is 112. The van der Waals surface area contributed by atoms with Gasteiger partial charge in [-0.1, -0.05) is 240 Å². The third-order valence-electron chi connectivity index (χ3n) is 20.6. The molecule has 0 aliphatic heterocycles. The minimum atomic E-state index is -0.375. The number of rotatable bonds is 8. The van der Waals surface area contributed by atoms with E-state index in [2.05, 4.69) is 317 Å². The standard InChI is InChI=1S/C37H25NO.2C27H21NO/c1-3-11-25(12-4-1)37(26-13-5-2-6-14-26)33-17-9-7-15-29(33)32-23-27(20-22-34(32)37)38-28-19-21-31-30-16-8-10-18-35(30)39-36(31)24-28;1-27(2)21-10-5-3-9-20(21)26-22(27)11-7-12-23(26)28-17-14-15-19-18-8-4-6-13-24(18)29-25(19)16-17;1-27(2)23-9-5-3-7-19(23)22-15-17(12-14-24(22)27)28-18-11-13-21-20-8-4-6-10-25(20)29-26(21)16-18/h1-24,38H;2*3-16,28H,1-2H3. The van der Waals surface area contributed by atoms with Gasteiger partial charge in [0, 0.05) is 101 Å². The zero-order valence-electron chi connectivity index (χ0n) is 54.2. The van der Waals surface area contributed by atoms with Crippen molar-refractivity contribution in [3.63, 3.8) is 0 Å². The molecule has 14 aromatic carbocycles. The van der Waals surface area contributed by atoms with Crippen molar-refractivity contribution in [1.29, 1.82) is 0 Å². The number of furan rings is 3. The normalized spacial score (nSPS) is 13.8. The van der Waals surface area contributed by atoms with E-state index >= 15 is 0 Å². The van der Waals surface area contributed by atoms with E-state index in [9.17, 15) is 0 Å². The van der Waals surface area contributed by atoms with Gasteiger partial charge < -0.3 is 29.2 Å². The number of fused-ring (bicyclic) bond motifs is 18. The maximum atomic E-state index is 6.14. The smallest absolute Gasteiger partial charge is 0.137 e. The van der Waals surface area contributed by atoms with Crippen LogP contribution in [0.4, 0.5) is 34.1 Å². The van der Waals surface area contributed by atoms with Gasteiger partial charge in [0.2, 0.25) is 0 Å². The molecule has 6 heteroatoms. The van der Waals surface area contributed by atoms with Crippen LogP contribution >= 0.6 is 0 Å². The summed E-state index contributed by atoms with van der Waals surface area (Å²) in [5.74, 6) is 0. The average molecular weight is 1250 g/mol. The average Bonchev–Trinajstić information content (AvgIpc) is 1.56. The highest BCUT2D eigenvalue weighted by atomic mass is 16.3. The summed E-state index contributed by atoms with van der Waals surface area (Å²) in [5, 5.41) is 17.8. The second-order valence-corrected chi connectivity index (χ2v) is 26.9. The van der Waals surface area contributed by atoms with Crippen molar-refractivity contribution in [2.24, 2.45) is 0 Å². The second kappa shape index (κ2) is 22.5. The summed E-state index contributed by atoms with van der Waals surface area (Å²) in [4.78, 5) is 0. The minimum Gasteiger partial charge on any atom is -0.456 e. The van der Waals surface area contributed by atoms with Crippen molar-refractivity contribution in [2.75, 3.05) is 16.0 Å². The first-order valence-corrected chi connectivity index (χ1v) is 33.4. The molecule has 0 spiro atoms. The summed E-state index contributed by atoms with van der Waals surface area (Å²) in [7, 11) is 0. The zero-order valence-corrected chi connectivity index (χ0v) is 54.2. The Kier molecular flexibility index (Phi) is 13.4. The van der Waals surface area contributed by atoms with Crippen LogP contribution in [0.3, 0.4) is 0 Å². The molecule has 464 valence electrons. The van der Waals surface area contributed by atoms with Crippen molar-refractivity contribution in [1.82, 2.24) is 0 Å². The summed E-state index contributed by atoms with van der Waals surface area (Å²) in [6.07, 6.45) is 0. The van der Waals surface area contributed by atoms with E-state index in [0.717, 1.165) is 99.9 Å². The molecule has 3 aliphatic carbocycles. The molecule has 6 nitrogen and oxygen atoms in total. The maximum Gasteiger partial charge on any atom is 0.137 e. The van der Waals surface area contributed by atoms with Gasteiger partial charge in [0.15, 0.2) is 0 Å². The third-order valence-corrected chi connectivity index (χ3v) is 20.6. The maximum absolute atomic E-state index is 6.14. The van der Waals surface area contributed by atoms with Crippen LogP contribution in [0, 0.1) is 0 Å². The molecule has 0 bridgehead atoms. The molecule has 0 radical (unpaired) electrons. The molecule has 0 fully saturated rings. The Morgan fingerprint density at radius 3 is 1.07 bits per heavy atom. The van der Waals surface area contributed by atoms with Crippen molar-refractivity contribution in [3.05, 3.63) is 360 Å². The topological polar surface area (TPSA) is 75.5 Å². The summed E-state index contributed by atoms with van der Waals surface area (Å²) < 4.78 is 18.2. The summed E-state index contributed by atoms with van der Waals surface area (Å²) in [6.45, 7) is 9.23. The lowest BCUT2D eigenvalue weighted by Crippen LogP contribution is -2.28. The Hall–Kier alpha value is -12.1. The van der Waals surface area contributed by atoms with E-state index < -0.39 is 0 Å². The third kappa shape index (κ3) is 9.38. The molecule has 0 saturated carbocycles. The Bertz CT molecular complexity index is 5910. The highest BCUT2D eigenvalue weighted by molar-refractivity contribution is 6.08. The van der Waals surface area contributed by atoms with Crippen molar-refractivity contribution >= 4 is 99.9 Å². The lowest BCUT2D eigenvalue weighted by atomic mass is 9.68. The van der Waals surface area contributed by atoms with E-state index in [1.807, 2.05) is 42.5 Å². The first-order valence-electron chi connectivity index (χ1n) is 33.4. The number of benzene rings is 14. The zero-order chi connectivity index (χ0) is 65.0. The molecule has 97 heavy (non-hydrogen) atoms. The monoisotopic (exact) mass is 1250 g/mol. The first kappa shape index (κ1) is 57.5. The minimum absolute atomic E-state index is 0.00626. The van der Waals surface area contributed by atoms with Crippen LogP contribution in [0.2, 0.25) is 0 Å². The summed E-state index contributed by atoms with van der Waals surface area (Å²) >= 11 is 0. The largest absolute Gasteiger partial charge is 0.456 e. The SMILES string of the molecule is CC1(C)c2ccccc2-c2c(Nc3ccc4c(c3)oc3ccccc34)cccc21.CC1(C)c2ccccc2-c2cc(Nc3ccc4c(c3)oc3ccccc34)ccc21.c1ccc(C2(c3ccccc3)c3ccccc3-c3cc(Nc4ccc5c(c4)oc4ccccc45)ccc32)cc1. The predicted octanol–water partition coefficient (Wildman–Crippen LogP) is 25.0. The quantitative estimate of drug-likeness (QED) is 0.141. The number of hydrogen-bond donors (Lipinski definition) is 3. The van der Waals surface area contributed by atoms with Gasteiger partial charge in [-0.3, -0.25) is 0 Å². The van der Waals surface area contributed by atoms with Crippen LogP contribution in [0.15, 0.2) is 329 Å². The Labute approximate surface area is 563 Å². The molecule has 17 aromatic rings. The fourth-order valence-corrected chi connectivity index (χ4v) is 16.1. The van der Waals surface area contributed by atoms with E-state index in [0.29, 0.717) is 0 Å². The predicted molar refractivity (Wildman–Crippen MR) is 403 cm³/mol. The highest BCUT2D eigenvalue weighted by Gasteiger charge is 2.46. The number of nitrogens with one attached hydrogen (secondary N) is 3. The van der Waals surface area contributed by atoms with E-state index in [4.69, 9.17) is 13.3 Å². The van der Waals surface area contributed by atoms with Crippen LogP contribution in [-0.4, -0.2) is 0 Å². The highest BCUT2D eigenvalue weighted by Crippen LogP contribution is 2.57. The fraction of sp³-hybridized carbons (Fsp3) is 0.0769.